The molecule has 0 atom stereocenters. The van der Waals surface area contributed by atoms with Gasteiger partial charge in [-0.3, -0.25) is 9.69 Å². The Hall–Kier alpha value is -1.89. The highest BCUT2D eigenvalue weighted by atomic mass is 16.2. The van der Waals surface area contributed by atoms with Gasteiger partial charge in [0.2, 0.25) is 11.9 Å². The smallest absolute Gasteiger partial charge is 0.232 e. The number of amides is 1. The number of nitrogen functional groups attached to an aromatic ring is 1. The number of aromatic nitrogens is 2. The van der Waals surface area contributed by atoms with E-state index in [-0.39, 0.29) is 5.91 Å². The monoisotopic (exact) mass is 346 g/mol. The maximum Gasteiger partial charge on any atom is 0.232 e. The molecule has 0 spiro atoms. The molecule has 25 heavy (non-hydrogen) atoms. The molecule has 3 heterocycles. The number of piperidine rings is 1. The molecular formula is C18H30N6O. The molecule has 2 aliphatic heterocycles. The summed E-state index contributed by atoms with van der Waals surface area (Å²) in [4.78, 5) is 25.6. The number of rotatable bonds is 8. The van der Waals surface area contributed by atoms with Gasteiger partial charge in [-0.1, -0.05) is 19.8 Å². The Morgan fingerprint density at radius 3 is 2.68 bits per heavy atom. The first kappa shape index (κ1) is 17.9. The van der Waals surface area contributed by atoms with Crippen LogP contribution < -0.4 is 16.0 Å². The van der Waals surface area contributed by atoms with Gasteiger partial charge in [0.1, 0.15) is 11.6 Å². The summed E-state index contributed by atoms with van der Waals surface area (Å²) >= 11 is 0. The zero-order valence-electron chi connectivity index (χ0n) is 15.3. The van der Waals surface area contributed by atoms with E-state index >= 15 is 0 Å². The largest absolute Gasteiger partial charge is 0.383 e. The first-order valence-electron chi connectivity index (χ1n) is 9.62. The minimum atomic E-state index is 0.0837. The fourth-order valence-electron chi connectivity index (χ4n) is 3.57. The number of hydrogen-bond donors (Lipinski definition) is 2. The fourth-order valence-corrected chi connectivity index (χ4v) is 3.57. The number of nitrogens with one attached hydrogen (secondary N) is 1. The molecule has 0 saturated carbocycles. The van der Waals surface area contributed by atoms with Gasteiger partial charge in [-0.2, -0.15) is 9.97 Å². The van der Waals surface area contributed by atoms with E-state index in [1.54, 1.807) is 4.90 Å². The van der Waals surface area contributed by atoms with Gasteiger partial charge in [-0.15, -0.1) is 0 Å². The topological polar surface area (TPSA) is 87.4 Å². The van der Waals surface area contributed by atoms with Crippen molar-refractivity contribution in [1.82, 2.24) is 14.9 Å². The molecule has 0 aromatic carbocycles. The highest BCUT2D eigenvalue weighted by molar-refractivity contribution is 6.01. The molecule has 1 fully saturated rings. The minimum Gasteiger partial charge on any atom is -0.383 e. The van der Waals surface area contributed by atoms with E-state index in [1.165, 1.54) is 32.4 Å². The summed E-state index contributed by atoms with van der Waals surface area (Å²) in [5.41, 5.74) is 6.85. The van der Waals surface area contributed by atoms with Crippen molar-refractivity contribution < 1.29 is 4.79 Å². The second-order valence-corrected chi connectivity index (χ2v) is 6.99. The molecule has 0 bridgehead atoms. The first-order valence-corrected chi connectivity index (χ1v) is 9.62. The van der Waals surface area contributed by atoms with Crippen molar-refractivity contribution in [2.45, 2.75) is 51.9 Å². The lowest BCUT2D eigenvalue weighted by atomic mass is 10.1. The van der Waals surface area contributed by atoms with Gasteiger partial charge in [0, 0.05) is 18.7 Å². The number of fused-ring (bicyclic) bond motifs is 1. The summed E-state index contributed by atoms with van der Waals surface area (Å²) in [7, 11) is 0. The summed E-state index contributed by atoms with van der Waals surface area (Å²) in [5.74, 6) is 1.74. The van der Waals surface area contributed by atoms with Crippen molar-refractivity contribution in [3.05, 3.63) is 5.56 Å². The highest BCUT2D eigenvalue weighted by Gasteiger charge is 2.31. The van der Waals surface area contributed by atoms with E-state index < -0.39 is 0 Å². The standard InChI is InChI=1S/C18H30N6O/c1-2-3-8-20-18-21-16(19)14-13-15(25)24(17(14)22-18)12-7-11-23-9-5-4-6-10-23/h2-13H2,1H3,(H3,19,20,21,22). The molecule has 0 radical (unpaired) electrons. The molecular weight excluding hydrogens is 316 g/mol. The van der Waals surface area contributed by atoms with Crippen LogP contribution >= 0.6 is 0 Å². The van der Waals surface area contributed by atoms with Crippen LogP contribution in [-0.4, -0.2) is 53.5 Å². The fraction of sp³-hybridized carbons (Fsp3) is 0.722. The third kappa shape index (κ3) is 4.39. The lowest BCUT2D eigenvalue weighted by Gasteiger charge is -2.27. The lowest BCUT2D eigenvalue weighted by Crippen LogP contribution is -2.34. The van der Waals surface area contributed by atoms with E-state index in [4.69, 9.17) is 5.73 Å². The molecule has 7 nitrogen and oxygen atoms in total. The number of carbonyl (C=O) groups excluding carboxylic acids is 1. The number of nitrogens with zero attached hydrogens (tertiary/aromatic N) is 4. The van der Waals surface area contributed by atoms with Gasteiger partial charge < -0.3 is 16.0 Å². The van der Waals surface area contributed by atoms with Crippen molar-refractivity contribution in [2.75, 3.05) is 48.7 Å². The van der Waals surface area contributed by atoms with Crippen LogP contribution in [0.5, 0.6) is 0 Å². The van der Waals surface area contributed by atoms with Gasteiger partial charge in [0.05, 0.1) is 6.42 Å². The summed E-state index contributed by atoms with van der Waals surface area (Å²) < 4.78 is 0. The van der Waals surface area contributed by atoms with Crippen LogP contribution in [0.1, 0.15) is 51.0 Å². The van der Waals surface area contributed by atoms with Gasteiger partial charge in [-0.25, -0.2) is 0 Å². The molecule has 0 unspecified atom stereocenters. The van der Waals surface area contributed by atoms with E-state index in [1.807, 2.05) is 0 Å². The molecule has 1 aromatic heterocycles. The maximum atomic E-state index is 12.4. The predicted molar refractivity (Wildman–Crippen MR) is 101 cm³/mol. The Balaban J connectivity index is 1.62. The highest BCUT2D eigenvalue weighted by Crippen LogP contribution is 2.31. The van der Waals surface area contributed by atoms with Crippen molar-refractivity contribution in [3.8, 4) is 0 Å². The molecule has 3 rings (SSSR count). The zero-order chi connectivity index (χ0) is 17.6. The third-order valence-corrected chi connectivity index (χ3v) is 5.02. The average molecular weight is 346 g/mol. The quantitative estimate of drug-likeness (QED) is 0.701. The van der Waals surface area contributed by atoms with Crippen LogP contribution in [0.25, 0.3) is 0 Å². The Labute approximate surface area is 150 Å². The van der Waals surface area contributed by atoms with E-state index in [2.05, 4.69) is 27.1 Å². The van der Waals surface area contributed by atoms with Gasteiger partial charge in [0.25, 0.3) is 0 Å². The van der Waals surface area contributed by atoms with Crippen LogP contribution in [0.15, 0.2) is 0 Å². The van der Waals surface area contributed by atoms with Crippen LogP contribution in [0, 0.1) is 0 Å². The number of anilines is 3. The molecule has 1 saturated heterocycles. The minimum absolute atomic E-state index is 0.0837. The van der Waals surface area contributed by atoms with E-state index in [9.17, 15) is 4.79 Å². The molecule has 2 aliphatic rings. The number of nitrogens with two attached hydrogens (primary N) is 1. The second-order valence-electron chi connectivity index (χ2n) is 6.99. The molecule has 138 valence electrons. The predicted octanol–water partition coefficient (Wildman–Crippen LogP) is 2.04. The molecule has 0 aliphatic carbocycles. The Bertz CT molecular complexity index is 599. The van der Waals surface area contributed by atoms with Crippen LogP contribution in [0.4, 0.5) is 17.6 Å². The molecule has 7 heteroatoms. The van der Waals surface area contributed by atoms with Gasteiger partial charge >= 0.3 is 0 Å². The van der Waals surface area contributed by atoms with Crippen molar-refractivity contribution in [1.29, 1.82) is 0 Å². The number of carbonyl (C=O) groups is 1. The van der Waals surface area contributed by atoms with E-state index in [0.717, 1.165) is 37.9 Å². The van der Waals surface area contributed by atoms with E-state index in [0.29, 0.717) is 30.5 Å². The summed E-state index contributed by atoms with van der Waals surface area (Å²) in [6.45, 7) is 7.07. The first-order chi connectivity index (χ1) is 12.2. The van der Waals surface area contributed by atoms with Crippen molar-refractivity contribution >= 4 is 23.5 Å². The lowest BCUT2D eigenvalue weighted by molar-refractivity contribution is -0.117. The van der Waals surface area contributed by atoms with Crippen LogP contribution in [0.2, 0.25) is 0 Å². The molecule has 1 amide bonds. The van der Waals surface area contributed by atoms with Crippen LogP contribution in [0.3, 0.4) is 0 Å². The maximum absolute atomic E-state index is 12.4. The third-order valence-electron chi connectivity index (χ3n) is 5.02. The van der Waals surface area contributed by atoms with Crippen molar-refractivity contribution in [3.63, 3.8) is 0 Å². The Morgan fingerprint density at radius 2 is 1.92 bits per heavy atom. The number of hydrogen-bond acceptors (Lipinski definition) is 6. The molecule has 1 aromatic rings. The van der Waals surface area contributed by atoms with Crippen LogP contribution in [-0.2, 0) is 11.2 Å². The molecule has 3 N–H and O–H groups in total. The van der Waals surface area contributed by atoms with Crippen molar-refractivity contribution in [2.24, 2.45) is 0 Å². The SMILES string of the molecule is CCCCNc1nc(N)c2c(n1)N(CCCN1CCCCC1)C(=O)C2. The number of likely N-dealkylation sites (tertiary alicyclic amines) is 1. The van der Waals surface area contributed by atoms with Gasteiger partial charge in [0.15, 0.2) is 0 Å². The summed E-state index contributed by atoms with van der Waals surface area (Å²) in [6.07, 6.45) is 7.38. The number of unbranched alkanes of at least 4 members (excludes halogenated alkanes) is 1. The Morgan fingerprint density at radius 1 is 1.12 bits per heavy atom. The second kappa shape index (κ2) is 8.47. The van der Waals surface area contributed by atoms with Gasteiger partial charge in [-0.05, 0) is 45.3 Å². The average Bonchev–Trinajstić information content (AvgIpc) is 2.93. The summed E-state index contributed by atoms with van der Waals surface area (Å²) in [5, 5.41) is 3.21. The Kier molecular flexibility index (Phi) is 6.07. The zero-order valence-corrected chi connectivity index (χ0v) is 15.3. The normalized spacial score (nSPS) is 17.8. The summed E-state index contributed by atoms with van der Waals surface area (Å²) in [6, 6.07) is 0.